The Hall–Kier alpha value is -3.55. The second kappa shape index (κ2) is 9.78. The summed E-state index contributed by atoms with van der Waals surface area (Å²) < 4.78 is 17.3. The van der Waals surface area contributed by atoms with E-state index in [4.69, 9.17) is 14.2 Å². The lowest BCUT2D eigenvalue weighted by Crippen LogP contribution is -2.31. The Morgan fingerprint density at radius 2 is 1.97 bits per heavy atom. The molecule has 2 aromatic rings. The van der Waals surface area contributed by atoms with Gasteiger partial charge in [0, 0.05) is 11.3 Å². The molecule has 1 amide bonds. The van der Waals surface area contributed by atoms with Crippen molar-refractivity contribution in [2.75, 3.05) is 27.4 Å². The first kappa shape index (κ1) is 21.2. The highest BCUT2D eigenvalue weighted by molar-refractivity contribution is 5.94. The average Bonchev–Trinajstić information content (AvgIpc) is 3.15. The van der Waals surface area contributed by atoms with E-state index in [2.05, 4.69) is 16.5 Å². The predicted molar refractivity (Wildman–Crippen MR) is 112 cm³/mol. The second-order valence-electron chi connectivity index (χ2n) is 6.51. The first-order chi connectivity index (χ1) is 14.6. The Morgan fingerprint density at radius 3 is 2.70 bits per heavy atom. The Labute approximate surface area is 175 Å². The molecule has 0 saturated heterocycles. The summed E-state index contributed by atoms with van der Waals surface area (Å²) in [5, 5.41) is 7.06. The number of nitrogens with one attached hydrogen (secondary N) is 1. The molecule has 158 valence electrons. The molecule has 30 heavy (non-hydrogen) atoms. The minimum absolute atomic E-state index is 0.200. The van der Waals surface area contributed by atoms with Gasteiger partial charge in [-0.2, -0.15) is 5.10 Å². The quantitative estimate of drug-likeness (QED) is 0.704. The van der Waals surface area contributed by atoms with Crippen LogP contribution >= 0.6 is 0 Å². The van der Waals surface area contributed by atoms with Crippen molar-refractivity contribution in [3.05, 3.63) is 59.4 Å². The number of methoxy groups -OCH3 is 2. The molecule has 3 rings (SSSR count). The van der Waals surface area contributed by atoms with E-state index < -0.39 is 11.9 Å². The molecule has 0 bridgehead atoms. The zero-order valence-corrected chi connectivity index (χ0v) is 17.3. The predicted octanol–water partition coefficient (Wildman–Crippen LogP) is 2.58. The van der Waals surface area contributed by atoms with Crippen LogP contribution in [-0.4, -0.2) is 49.0 Å². The van der Waals surface area contributed by atoms with Crippen LogP contribution in [0.5, 0.6) is 11.5 Å². The summed E-state index contributed by atoms with van der Waals surface area (Å²) in [7, 11) is 3.17. The number of ether oxygens (including phenoxy) is 3. The van der Waals surface area contributed by atoms with Gasteiger partial charge in [-0.1, -0.05) is 12.2 Å². The molecule has 0 radical (unpaired) electrons. The number of fused-ring (bicyclic) bond motifs is 1. The fourth-order valence-electron chi connectivity index (χ4n) is 3.14. The number of aromatic nitrogens is 2. The lowest BCUT2D eigenvalue weighted by Gasteiger charge is -2.15. The Bertz CT molecular complexity index is 991. The van der Waals surface area contributed by atoms with Crippen molar-refractivity contribution < 1.29 is 23.8 Å². The summed E-state index contributed by atoms with van der Waals surface area (Å²) in [4.78, 5) is 24.0. The van der Waals surface area contributed by atoms with Gasteiger partial charge in [-0.05, 0) is 50.1 Å². The zero-order chi connectivity index (χ0) is 21.5. The number of allylic oxidation sites excluding steroid dienone is 3. The van der Waals surface area contributed by atoms with Gasteiger partial charge in [0.2, 0.25) is 0 Å². The van der Waals surface area contributed by atoms with Crippen LogP contribution in [0.4, 0.5) is 0 Å². The van der Waals surface area contributed by atoms with Gasteiger partial charge in [0.1, 0.15) is 6.54 Å². The fraction of sp³-hybridized carbons (Fsp3) is 0.318. The van der Waals surface area contributed by atoms with Crippen LogP contribution in [0.25, 0.3) is 5.70 Å². The van der Waals surface area contributed by atoms with Crippen LogP contribution < -0.4 is 14.8 Å². The van der Waals surface area contributed by atoms with Crippen molar-refractivity contribution in [3.8, 4) is 11.5 Å². The fourth-order valence-corrected chi connectivity index (χ4v) is 3.14. The van der Waals surface area contributed by atoms with E-state index in [1.54, 1.807) is 31.9 Å². The Morgan fingerprint density at radius 1 is 1.17 bits per heavy atom. The molecule has 0 unspecified atom stereocenters. The van der Waals surface area contributed by atoms with E-state index in [0.29, 0.717) is 11.5 Å². The monoisotopic (exact) mass is 411 g/mol. The number of aryl methyl sites for hydroxylation is 1. The van der Waals surface area contributed by atoms with E-state index in [1.165, 1.54) is 0 Å². The molecule has 1 aromatic carbocycles. The van der Waals surface area contributed by atoms with Crippen molar-refractivity contribution in [3.63, 3.8) is 0 Å². The number of nitrogens with zero attached hydrogens (tertiary/aromatic N) is 2. The second-order valence-corrected chi connectivity index (χ2v) is 6.51. The molecule has 0 saturated carbocycles. The van der Waals surface area contributed by atoms with Crippen molar-refractivity contribution in [1.82, 2.24) is 15.1 Å². The first-order valence-electron chi connectivity index (χ1n) is 9.69. The number of esters is 1. The third-order valence-corrected chi connectivity index (χ3v) is 4.58. The maximum atomic E-state index is 12.5. The molecular weight excluding hydrogens is 386 g/mol. The number of carbonyl (C=O) groups is 2. The van der Waals surface area contributed by atoms with Gasteiger partial charge in [0.15, 0.2) is 17.2 Å². The van der Waals surface area contributed by atoms with Crippen LogP contribution in [0.1, 0.15) is 35.1 Å². The zero-order valence-electron chi connectivity index (χ0n) is 17.3. The summed E-state index contributed by atoms with van der Waals surface area (Å²) in [6.07, 6.45) is 7.52. The number of carbonyl (C=O) groups excluding carboxylic acids is 2. The lowest BCUT2D eigenvalue weighted by atomic mass is 10.1. The molecule has 1 aliphatic rings. The topological polar surface area (TPSA) is 91.7 Å². The van der Waals surface area contributed by atoms with Gasteiger partial charge in [-0.3, -0.25) is 9.59 Å². The van der Waals surface area contributed by atoms with Gasteiger partial charge in [0.25, 0.3) is 5.91 Å². The largest absolute Gasteiger partial charge is 0.493 e. The van der Waals surface area contributed by atoms with Gasteiger partial charge in [-0.25, -0.2) is 4.68 Å². The highest BCUT2D eigenvalue weighted by Crippen LogP contribution is 2.32. The molecule has 8 nitrogen and oxygen atoms in total. The normalized spacial score (nSPS) is 15.6. The van der Waals surface area contributed by atoms with Gasteiger partial charge in [-0.15, -0.1) is 0 Å². The van der Waals surface area contributed by atoms with E-state index >= 15 is 0 Å². The molecule has 0 atom stereocenters. The summed E-state index contributed by atoms with van der Waals surface area (Å²) >= 11 is 0. The Balaban J connectivity index is 1.92. The lowest BCUT2D eigenvalue weighted by molar-refractivity contribution is -0.141. The van der Waals surface area contributed by atoms with Crippen LogP contribution in [0.3, 0.4) is 0 Å². The SMILES string of the molecule is CCOC(=O)CNC(=O)c1cc2n(n1)/C(c1ccc(OC)c(OC)c1)=C\C=C/CC2. The standard InChI is InChI=1S/C22H25N3O5/c1-4-30-21(26)14-23-22(27)17-13-16-8-6-5-7-9-18(25(16)24-17)15-10-11-19(28-2)20(12-15)29-3/h5,7,9-13H,4,6,8,14H2,1-3H3,(H,23,27)/b7-5-,18-9-. The smallest absolute Gasteiger partial charge is 0.325 e. The van der Waals surface area contributed by atoms with Crippen molar-refractivity contribution >= 4 is 17.6 Å². The number of rotatable bonds is 7. The van der Waals surface area contributed by atoms with Crippen LogP contribution in [-0.2, 0) is 16.0 Å². The van der Waals surface area contributed by atoms with E-state index in [9.17, 15) is 9.59 Å². The van der Waals surface area contributed by atoms with Gasteiger partial charge >= 0.3 is 5.97 Å². The van der Waals surface area contributed by atoms with Gasteiger partial charge in [0.05, 0.1) is 26.5 Å². The minimum atomic E-state index is -0.487. The Kier molecular flexibility index (Phi) is 6.90. The number of amides is 1. The van der Waals surface area contributed by atoms with E-state index in [-0.39, 0.29) is 18.8 Å². The highest BCUT2D eigenvalue weighted by Gasteiger charge is 2.19. The van der Waals surface area contributed by atoms with Crippen molar-refractivity contribution in [1.29, 1.82) is 0 Å². The molecule has 0 aliphatic carbocycles. The maximum absolute atomic E-state index is 12.5. The van der Waals surface area contributed by atoms with Crippen LogP contribution in [0, 0.1) is 0 Å². The highest BCUT2D eigenvalue weighted by atomic mass is 16.5. The van der Waals surface area contributed by atoms with Crippen LogP contribution in [0.2, 0.25) is 0 Å². The van der Waals surface area contributed by atoms with Gasteiger partial charge < -0.3 is 19.5 Å². The average molecular weight is 411 g/mol. The first-order valence-corrected chi connectivity index (χ1v) is 9.69. The maximum Gasteiger partial charge on any atom is 0.325 e. The third kappa shape index (κ3) is 4.71. The van der Waals surface area contributed by atoms with Crippen molar-refractivity contribution in [2.45, 2.75) is 19.8 Å². The van der Waals surface area contributed by atoms with E-state index in [0.717, 1.165) is 29.8 Å². The third-order valence-electron chi connectivity index (χ3n) is 4.58. The number of hydrogen-bond donors (Lipinski definition) is 1. The molecule has 0 fully saturated rings. The summed E-state index contributed by atoms with van der Waals surface area (Å²) in [6, 6.07) is 7.35. The minimum Gasteiger partial charge on any atom is -0.493 e. The molecular formula is C22H25N3O5. The molecule has 2 heterocycles. The van der Waals surface area contributed by atoms with Crippen molar-refractivity contribution in [2.24, 2.45) is 0 Å². The molecule has 1 aromatic heterocycles. The van der Waals surface area contributed by atoms with Crippen LogP contribution in [0.15, 0.2) is 42.5 Å². The molecule has 1 N–H and O–H groups in total. The van der Waals surface area contributed by atoms with E-state index in [1.807, 2.05) is 30.4 Å². The molecule has 8 heteroatoms. The molecule has 1 aliphatic heterocycles. The molecule has 0 spiro atoms. The summed E-state index contributed by atoms with van der Waals surface area (Å²) in [6.45, 7) is 1.78. The number of hydrogen-bond acceptors (Lipinski definition) is 6. The summed E-state index contributed by atoms with van der Waals surface area (Å²) in [5.41, 5.74) is 2.79. The number of benzene rings is 1. The summed E-state index contributed by atoms with van der Waals surface area (Å²) in [5.74, 6) is 0.312.